The molecule has 0 aliphatic heterocycles. The highest BCUT2D eigenvalue weighted by molar-refractivity contribution is 5.93. The average Bonchev–Trinajstić information content (AvgIpc) is 3.78. The zero-order chi connectivity index (χ0) is 30.6. The van der Waals surface area contributed by atoms with Gasteiger partial charge in [-0.3, -0.25) is 0 Å². The highest BCUT2D eigenvalue weighted by Crippen LogP contribution is 2.71. The number of hydrogen-bond donors (Lipinski definition) is 0. The van der Waals surface area contributed by atoms with Gasteiger partial charge in [0.15, 0.2) is 0 Å². The summed E-state index contributed by atoms with van der Waals surface area (Å²) in [4.78, 5) is 2.54. The minimum Gasteiger partial charge on any atom is -0.310 e. The first-order valence-electron chi connectivity index (χ1n) is 16.8. The van der Waals surface area contributed by atoms with E-state index in [1.807, 2.05) is 0 Å². The zero-order valence-corrected chi connectivity index (χ0v) is 26.9. The van der Waals surface area contributed by atoms with Gasteiger partial charge in [-0.15, -0.1) is 0 Å². The van der Waals surface area contributed by atoms with Crippen molar-refractivity contribution in [3.05, 3.63) is 155 Å². The lowest BCUT2D eigenvalue weighted by atomic mass is 9.69. The Kier molecular flexibility index (Phi) is 5.60. The molecule has 0 saturated heterocycles. The van der Waals surface area contributed by atoms with Crippen LogP contribution >= 0.6 is 0 Å². The molecule has 0 amide bonds. The summed E-state index contributed by atoms with van der Waals surface area (Å²) < 4.78 is 0. The van der Waals surface area contributed by atoms with E-state index >= 15 is 0 Å². The Hall–Kier alpha value is -4.36. The van der Waals surface area contributed by atoms with Crippen molar-refractivity contribution in [2.45, 2.75) is 69.6 Å². The summed E-state index contributed by atoms with van der Waals surface area (Å²) in [7, 11) is 0. The molecule has 0 heterocycles. The number of hydrogen-bond acceptors (Lipinski definition) is 1. The molecule has 5 aliphatic carbocycles. The smallest absolute Gasteiger partial charge is 0.0543 e. The fraction of sp³-hybridized carbons (Fsp3) is 0.273. The van der Waals surface area contributed by atoms with Gasteiger partial charge in [0.05, 0.1) is 5.69 Å². The van der Waals surface area contributed by atoms with E-state index < -0.39 is 0 Å². The highest BCUT2D eigenvalue weighted by atomic mass is 15.1. The van der Waals surface area contributed by atoms with Gasteiger partial charge in [0.1, 0.15) is 0 Å². The SMILES string of the molecule is CC1(C)Cc2ccccc2-c2c(N(c3ccc(C4=CCCC=C4)cc3)c3ccc4c(c3)C(C)(C)C3=CC=CC5CC345)cccc21. The number of nitrogens with zero attached hydrogens (tertiary/aromatic N) is 1. The summed E-state index contributed by atoms with van der Waals surface area (Å²) in [6.45, 7) is 9.70. The molecule has 1 saturated carbocycles. The third kappa shape index (κ3) is 3.80. The molecule has 1 nitrogen and oxygen atoms in total. The largest absolute Gasteiger partial charge is 0.310 e. The van der Waals surface area contributed by atoms with Crippen molar-refractivity contribution < 1.29 is 0 Å². The molecule has 222 valence electrons. The van der Waals surface area contributed by atoms with Crippen LogP contribution in [0.3, 0.4) is 0 Å². The first-order chi connectivity index (χ1) is 21.8. The minimum atomic E-state index is 0.00484. The van der Waals surface area contributed by atoms with Crippen molar-refractivity contribution >= 4 is 22.6 Å². The predicted octanol–water partition coefficient (Wildman–Crippen LogP) is 11.4. The molecule has 2 atom stereocenters. The van der Waals surface area contributed by atoms with Gasteiger partial charge in [-0.05, 0) is 112 Å². The Morgan fingerprint density at radius 1 is 0.756 bits per heavy atom. The van der Waals surface area contributed by atoms with Crippen molar-refractivity contribution in [1.82, 2.24) is 0 Å². The Morgan fingerprint density at radius 2 is 1.58 bits per heavy atom. The molecule has 4 aromatic rings. The van der Waals surface area contributed by atoms with Gasteiger partial charge in [0.25, 0.3) is 0 Å². The van der Waals surface area contributed by atoms with Crippen LogP contribution in [0.15, 0.2) is 127 Å². The van der Waals surface area contributed by atoms with Crippen LogP contribution in [0.25, 0.3) is 16.7 Å². The second kappa shape index (κ2) is 9.33. The summed E-state index contributed by atoms with van der Waals surface area (Å²) >= 11 is 0. The van der Waals surface area contributed by atoms with E-state index in [9.17, 15) is 0 Å². The van der Waals surface area contributed by atoms with Crippen molar-refractivity contribution in [3.63, 3.8) is 0 Å². The maximum absolute atomic E-state index is 2.54. The molecular formula is C44H41N. The van der Waals surface area contributed by atoms with E-state index in [4.69, 9.17) is 0 Å². The predicted molar refractivity (Wildman–Crippen MR) is 190 cm³/mol. The molecule has 5 aliphatic rings. The number of allylic oxidation sites excluding steroid dienone is 8. The molecule has 4 aromatic carbocycles. The second-order valence-corrected chi connectivity index (χ2v) is 15.0. The first kappa shape index (κ1) is 27.0. The van der Waals surface area contributed by atoms with E-state index in [1.165, 1.54) is 62.4 Å². The van der Waals surface area contributed by atoms with E-state index in [0.29, 0.717) is 5.92 Å². The van der Waals surface area contributed by atoms with Crippen LogP contribution in [0, 0.1) is 5.92 Å². The van der Waals surface area contributed by atoms with Crippen LogP contribution in [-0.4, -0.2) is 0 Å². The number of rotatable bonds is 4. The first-order valence-corrected chi connectivity index (χ1v) is 16.8. The Labute approximate surface area is 268 Å². The maximum Gasteiger partial charge on any atom is 0.0543 e. The summed E-state index contributed by atoms with van der Waals surface area (Å²) in [5.74, 6) is 0.649. The lowest BCUT2D eigenvalue weighted by Crippen LogP contribution is -2.27. The summed E-state index contributed by atoms with van der Waals surface area (Å²) in [6.07, 6.45) is 18.6. The number of benzene rings is 4. The molecule has 1 fully saturated rings. The van der Waals surface area contributed by atoms with Gasteiger partial charge in [-0.1, -0.05) is 119 Å². The summed E-state index contributed by atoms with van der Waals surface area (Å²) in [5.41, 5.74) is 16.8. The second-order valence-electron chi connectivity index (χ2n) is 15.0. The molecular weight excluding hydrogens is 542 g/mol. The Morgan fingerprint density at radius 3 is 2.40 bits per heavy atom. The fourth-order valence-corrected chi connectivity index (χ4v) is 9.33. The third-order valence-electron chi connectivity index (χ3n) is 11.6. The van der Waals surface area contributed by atoms with Gasteiger partial charge in [0.2, 0.25) is 0 Å². The monoisotopic (exact) mass is 583 g/mol. The third-order valence-corrected chi connectivity index (χ3v) is 11.6. The van der Waals surface area contributed by atoms with Gasteiger partial charge in [0, 0.05) is 27.8 Å². The van der Waals surface area contributed by atoms with Crippen LogP contribution < -0.4 is 4.90 Å². The normalized spacial score (nSPS) is 24.0. The minimum absolute atomic E-state index is 0.00484. The highest BCUT2D eigenvalue weighted by Gasteiger charge is 2.65. The van der Waals surface area contributed by atoms with Crippen molar-refractivity contribution in [3.8, 4) is 11.1 Å². The van der Waals surface area contributed by atoms with Gasteiger partial charge < -0.3 is 4.90 Å². The molecule has 0 aromatic heterocycles. The lowest BCUT2D eigenvalue weighted by Gasteiger charge is -2.38. The molecule has 0 N–H and O–H groups in total. The number of fused-ring (bicyclic) bond motifs is 4. The average molecular weight is 584 g/mol. The van der Waals surface area contributed by atoms with Crippen molar-refractivity contribution in [2.24, 2.45) is 5.92 Å². The standard InChI is InChI=1S/C44H41N/c1-42(2)27-31-14-8-9-16-35(31)41-37(42)17-11-18-39(41)45(33-22-20-30(21-23-33)29-12-6-5-7-13-29)34-24-25-36-38(26-34)43(3,4)40-19-10-15-32-28-44(32,36)40/h6,8-26,32H,5,7,27-28H2,1-4H3. The quantitative estimate of drug-likeness (QED) is 0.231. The summed E-state index contributed by atoms with van der Waals surface area (Å²) in [5, 5.41) is 0. The molecule has 45 heavy (non-hydrogen) atoms. The molecule has 1 spiro atoms. The van der Waals surface area contributed by atoms with Gasteiger partial charge >= 0.3 is 0 Å². The fourth-order valence-electron chi connectivity index (χ4n) is 9.33. The van der Waals surface area contributed by atoms with Crippen LogP contribution in [0.1, 0.15) is 74.8 Å². The van der Waals surface area contributed by atoms with Gasteiger partial charge in [-0.25, -0.2) is 0 Å². The van der Waals surface area contributed by atoms with Gasteiger partial charge in [-0.2, -0.15) is 0 Å². The van der Waals surface area contributed by atoms with Crippen LogP contribution in [0.2, 0.25) is 0 Å². The maximum atomic E-state index is 2.54. The molecule has 0 bridgehead atoms. The lowest BCUT2D eigenvalue weighted by molar-refractivity contribution is 0.517. The molecule has 0 radical (unpaired) electrons. The molecule has 2 unspecified atom stereocenters. The topological polar surface area (TPSA) is 3.24 Å². The summed E-state index contributed by atoms with van der Waals surface area (Å²) in [6, 6.07) is 32.7. The van der Waals surface area contributed by atoms with E-state index in [2.05, 4.69) is 154 Å². The van der Waals surface area contributed by atoms with Crippen LogP contribution in [0.4, 0.5) is 17.1 Å². The Bertz CT molecular complexity index is 2010. The Balaban J connectivity index is 1.26. The van der Waals surface area contributed by atoms with E-state index in [1.54, 1.807) is 11.1 Å². The van der Waals surface area contributed by atoms with Crippen molar-refractivity contribution in [2.75, 3.05) is 4.90 Å². The van der Waals surface area contributed by atoms with E-state index in [-0.39, 0.29) is 16.2 Å². The molecule has 1 heteroatoms. The van der Waals surface area contributed by atoms with Crippen LogP contribution in [-0.2, 0) is 22.7 Å². The zero-order valence-electron chi connectivity index (χ0n) is 26.9. The molecule has 9 rings (SSSR count). The van der Waals surface area contributed by atoms with Crippen molar-refractivity contribution in [1.29, 1.82) is 0 Å². The number of anilines is 3. The van der Waals surface area contributed by atoms with Crippen LogP contribution in [0.5, 0.6) is 0 Å². The van der Waals surface area contributed by atoms with E-state index in [0.717, 1.165) is 19.3 Å².